The van der Waals surface area contributed by atoms with E-state index < -0.39 is 23.2 Å². The first-order valence-corrected chi connectivity index (χ1v) is 15.3. The van der Waals surface area contributed by atoms with Gasteiger partial charge in [0.15, 0.2) is 0 Å². The average Bonchev–Trinajstić information content (AvgIpc) is 3.49. The van der Waals surface area contributed by atoms with Crippen LogP contribution < -0.4 is 20.7 Å². The van der Waals surface area contributed by atoms with Crippen LogP contribution in [0.15, 0.2) is 97.6 Å². The van der Waals surface area contributed by atoms with Crippen molar-refractivity contribution < 1.29 is 22.7 Å². The summed E-state index contributed by atoms with van der Waals surface area (Å²) in [5.41, 5.74) is 1.02. The van der Waals surface area contributed by atoms with Gasteiger partial charge in [-0.3, -0.25) is 10.3 Å². The Labute approximate surface area is 280 Å². The summed E-state index contributed by atoms with van der Waals surface area (Å²) in [5.74, 6) is 1.98. The summed E-state index contributed by atoms with van der Waals surface area (Å²) in [6, 6.07) is 19.7. The monoisotopic (exact) mass is 666 g/mol. The number of carbonyl (C=O) groups excluding carboxylic acids is 1. The van der Waals surface area contributed by atoms with E-state index in [4.69, 9.17) is 4.74 Å². The third-order valence-corrected chi connectivity index (χ3v) is 7.66. The number of nitrogens with one attached hydrogen (secondary N) is 3. The topological polar surface area (TPSA) is 119 Å². The molecule has 250 valence electrons. The molecule has 0 aliphatic carbocycles. The minimum Gasteiger partial charge on any atom is -0.488 e. The third-order valence-electron chi connectivity index (χ3n) is 7.66. The van der Waals surface area contributed by atoms with E-state index in [1.807, 2.05) is 57.2 Å². The minimum atomic E-state index is -4.54. The number of carbonyl (C=O) groups is 1. The van der Waals surface area contributed by atoms with E-state index in [0.29, 0.717) is 28.8 Å². The van der Waals surface area contributed by atoms with Gasteiger partial charge < -0.3 is 15.4 Å². The highest BCUT2D eigenvalue weighted by molar-refractivity contribution is 6.07. The summed E-state index contributed by atoms with van der Waals surface area (Å²) >= 11 is 0. The number of urea groups is 1. The number of amides is 2. The lowest BCUT2D eigenvalue weighted by Crippen LogP contribution is -2.21. The van der Waals surface area contributed by atoms with E-state index in [-0.39, 0.29) is 23.7 Å². The van der Waals surface area contributed by atoms with E-state index >= 15 is 0 Å². The van der Waals surface area contributed by atoms with Gasteiger partial charge in [0.1, 0.15) is 29.8 Å². The molecule has 6 aromatic rings. The van der Waals surface area contributed by atoms with Crippen molar-refractivity contribution in [2.24, 2.45) is 0 Å². The third kappa shape index (κ3) is 7.61. The molecule has 0 unspecified atom stereocenters. The van der Waals surface area contributed by atoms with Crippen LogP contribution in [-0.4, -0.2) is 30.8 Å². The van der Waals surface area contributed by atoms with Gasteiger partial charge in [-0.15, -0.1) is 0 Å². The van der Waals surface area contributed by atoms with Crippen molar-refractivity contribution in [3.63, 3.8) is 0 Å². The number of anilines is 4. The van der Waals surface area contributed by atoms with Crippen LogP contribution in [0.5, 0.6) is 5.75 Å². The smallest absolute Gasteiger partial charge is 0.416 e. The van der Waals surface area contributed by atoms with Crippen LogP contribution >= 0.6 is 0 Å². The van der Waals surface area contributed by atoms with E-state index in [9.17, 15) is 18.0 Å². The van der Waals surface area contributed by atoms with Crippen molar-refractivity contribution in [2.75, 3.05) is 16.0 Å². The van der Waals surface area contributed by atoms with Crippen molar-refractivity contribution in [3.8, 4) is 11.4 Å². The Morgan fingerprint density at radius 1 is 0.857 bits per heavy atom. The largest absolute Gasteiger partial charge is 0.488 e. The normalized spacial score (nSPS) is 11.7. The zero-order valence-corrected chi connectivity index (χ0v) is 27.1. The summed E-state index contributed by atoms with van der Waals surface area (Å²) in [7, 11) is 0. The predicted molar refractivity (Wildman–Crippen MR) is 182 cm³/mol. The summed E-state index contributed by atoms with van der Waals surface area (Å²) in [4.78, 5) is 26.0. The summed E-state index contributed by atoms with van der Waals surface area (Å²) in [6.45, 7) is 7.45. The molecule has 0 atom stereocenters. The quantitative estimate of drug-likeness (QED) is 0.149. The molecule has 13 heteroatoms. The Morgan fingerprint density at radius 2 is 1.63 bits per heavy atom. The number of fused-ring (bicyclic) bond motifs is 1. The van der Waals surface area contributed by atoms with Crippen molar-refractivity contribution in [1.82, 2.24) is 24.7 Å². The average molecular weight is 667 g/mol. The van der Waals surface area contributed by atoms with Gasteiger partial charge in [0.05, 0.1) is 28.8 Å². The van der Waals surface area contributed by atoms with Crippen molar-refractivity contribution >= 4 is 39.9 Å². The first kappa shape index (κ1) is 32.9. The van der Waals surface area contributed by atoms with Gasteiger partial charge in [0.25, 0.3) is 0 Å². The minimum absolute atomic E-state index is 0.0897. The van der Waals surface area contributed by atoms with Crippen LogP contribution in [0.4, 0.5) is 41.1 Å². The van der Waals surface area contributed by atoms with E-state index in [1.54, 1.807) is 49.1 Å². The highest BCUT2D eigenvalue weighted by Crippen LogP contribution is 2.35. The first-order chi connectivity index (χ1) is 23.3. The number of alkyl halides is 3. The number of hydrogen-bond acceptors (Lipinski definition) is 7. The van der Waals surface area contributed by atoms with Crippen LogP contribution in [0.1, 0.15) is 43.2 Å². The Balaban J connectivity index is 1.22. The molecule has 49 heavy (non-hydrogen) atoms. The zero-order chi connectivity index (χ0) is 34.8. The highest BCUT2D eigenvalue weighted by atomic mass is 19.4. The van der Waals surface area contributed by atoms with Gasteiger partial charge in [-0.1, -0.05) is 51.1 Å². The fourth-order valence-corrected chi connectivity index (χ4v) is 5.15. The molecule has 0 aliphatic heterocycles. The molecule has 6 rings (SSSR count). The highest BCUT2D eigenvalue weighted by Gasteiger charge is 2.33. The molecule has 3 aromatic carbocycles. The van der Waals surface area contributed by atoms with Crippen LogP contribution in [0.2, 0.25) is 0 Å². The Hall–Kier alpha value is -5.98. The molecule has 0 saturated carbocycles. The number of halogens is 3. The second-order valence-corrected chi connectivity index (χ2v) is 12.4. The van der Waals surface area contributed by atoms with Gasteiger partial charge >= 0.3 is 12.2 Å². The predicted octanol–water partition coefficient (Wildman–Crippen LogP) is 8.80. The van der Waals surface area contributed by atoms with Crippen molar-refractivity contribution in [3.05, 3.63) is 120 Å². The summed E-state index contributed by atoms with van der Waals surface area (Å²) in [5, 5.41) is 14.9. The molecule has 0 spiro atoms. The van der Waals surface area contributed by atoms with Crippen LogP contribution in [0.3, 0.4) is 0 Å². The molecule has 0 radical (unpaired) electrons. The van der Waals surface area contributed by atoms with Crippen LogP contribution in [0, 0.1) is 6.92 Å². The molecule has 3 N–H and O–H groups in total. The maximum Gasteiger partial charge on any atom is 0.416 e. The van der Waals surface area contributed by atoms with E-state index in [0.717, 1.165) is 22.4 Å². The number of benzene rings is 3. The van der Waals surface area contributed by atoms with Gasteiger partial charge in [0.2, 0.25) is 0 Å². The van der Waals surface area contributed by atoms with Gasteiger partial charge in [0, 0.05) is 40.8 Å². The molecule has 0 saturated heterocycles. The maximum absolute atomic E-state index is 13.7. The van der Waals surface area contributed by atoms with Gasteiger partial charge in [-0.25, -0.2) is 19.4 Å². The molecular weight excluding hydrogens is 633 g/mol. The Bertz CT molecular complexity index is 2130. The van der Waals surface area contributed by atoms with E-state index in [1.165, 1.54) is 17.7 Å². The Kier molecular flexibility index (Phi) is 8.91. The number of ether oxygens (including phenoxy) is 1. The maximum atomic E-state index is 13.7. The molecule has 0 bridgehead atoms. The van der Waals surface area contributed by atoms with Gasteiger partial charge in [-0.05, 0) is 54.4 Å². The SMILES string of the molecule is Cc1ccc(-n2nc(C(C)(C)C)cc2NC(=O)Nc2ccc(OCc3ccnc(Nc4cnccn4)c3)c3ccccc23)cc1C(F)(F)F. The molecule has 0 aliphatic rings. The molecule has 10 nitrogen and oxygen atoms in total. The van der Waals surface area contributed by atoms with Crippen LogP contribution in [0.25, 0.3) is 16.5 Å². The van der Waals surface area contributed by atoms with Crippen molar-refractivity contribution in [1.29, 1.82) is 0 Å². The van der Waals surface area contributed by atoms with Crippen molar-refractivity contribution in [2.45, 2.75) is 45.9 Å². The molecule has 3 heterocycles. The number of aromatic nitrogens is 5. The fraction of sp³-hybridized carbons (Fsp3) is 0.194. The Morgan fingerprint density at radius 3 is 2.37 bits per heavy atom. The second-order valence-electron chi connectivity index (χ2n) is 12.4. The first-order valence-electron chi connectivity index (χ1n) is 15.3. The summed E-state index contributed by atoms with van der Waals surface area (Å²) in [6.07, 6.45) is 1.90. The number of pyridine rings is 1. The van der Waals surface area contributed by atoms with Crippen LogP contribution in [-0.2, 0) is 18.2 Å². The summed E-state index contributed by atoms with van der Waals surface area (Å²) < 4.78 is 48.8. The zero-order valence-electron chi connectivity index (χ0n) is 27.1. The fourth-order valence-electron chi connectivity index (χ4n) is 5.15. The number of hydrogen-bond donors (Lipinski definition) is 3. The lowest BCUT2D eigenvalue weighted by Gasteiger charge is -2.16. The molecule has 0 fully saturated rings. The molecule has 3 aromatic heterocycles. The second kappa shape index (κ2) is 13.3. The molecular formula is C36H33F3N8O2. The lowest BCUT2D eigenvalue weighted by atomic mass is 9.92. The molecule has 2 amide bonds. The number of aryl methyl sites for hydroxylation is 1. The number of rotatable bonds is 8. The number of nitrogens with zero attached hydrogens (tertiary/aromatic N) is 5. The lowest BCUT2D eigenvalue weighted by molar-refractivity contribution is -0.138. The standard InChI is InChI=1S/C36H33F3N8O2/c1-22-9-10-24(18-27(22)36(37,38)39)47-33(19-30(46-47)35(2,3)4)45-34(48)43-28-11-12-29(26-8-6-5-7-25(26)28)49-21-23-13-14-41-31(17-23)44-32-20-40-15-16-42-32/h5-20H,21H2,1-4H3,(H,41,42,44)(H2,43,45,48). The van der Waals surface area contributed by atoms with Gasteiger partial charge in [-0.2, -0.15) is 18.3 Å². The van der Waals surface area contributed by atoms with E-state index in [2.05, 4.69) is 36.0 Å².